The molecule has 2 aliphatic heterocycles. The fraction of sp³-hybridized carbons (Fsp3) is 0.370. The molecule has 2 aromatic rings. The van der Waals surface area contributed by atoms with E-state index >= 15 is 0 Å². The monoisotopic (exact) mass is 528 g/mol. The Kier molecular flexibility index (Phi) is 8.45. The Balaban J connectivity index is 1.59. The highest BCUT2D eigenvalue weighted by Gasteiger charge is 2.37. The minimum Gasteiger partial charge on any atom is -0.463 e. The Labute approximate surface area is 220 Å². The number of carbonyl (C=O) groups is 3. The third-order valence-corrected chi connectivity index (χ3v) is 6.85. The van der Waals surface area contributed by atoms with Gasteiger partial charge in [-0.25, -0.2) is 14.0 Å². The maximum atomic E-state index is 13.6. The first-order valence-electron chi connectivity index (χ1n) is 12.3. The average Bonchev–Trinajstić information content (AvgIpc) is 3.12. The fourth-order valence-corrected chi connectivity index (χ4v) is 4.78. The quantitative estimate of drug-likeness (QED) is 0.576. The topological polar surface area (TPSA) is 82.2 Å². The Morgan fingerprint density at radius 3 is 2.57 bits per heavy atom. The maximum absolute atomic E-state index is 13.6. The van der Waals surface area contributed by atoms with Crippen molar-refractivity contribution in [1.82, 2.24) is 20.0 Å². The largest absolute Gasteiger partial charge is 0.463 e. The van der Waals surface area contributed by atoms with Crippen molar-refractivity contribution in [3.05, 3.63) is 81.8 Å². The van der Waals surface area contributed by atoms with Crippen molar-refractivity contribution in [2.24, 2.45) is 0 Å². The van der Waals surface area contributed by atoms with E-state index in [9.17, 15) is 18.8 Å². The van der Waals surface area contributed by atoms with Gasteiger partial charge in [-0.2, -0.15) is 0 Å². The molecule has 2 aliphatic rings. The molecule has 2 aromatic carbocycles. The number of carbonyl (C=O) groups excluding carboxylic acids is 3. The van der Waals surface area contributed by atoms with Crippen molar-refractivity contribution in [3.63, 3.8) is 0 Å². The molecule has 0 radical (unpaired) electrons. The molecule has 0 saturated carbocycles. The molecule has 0 bridgehead atoms. The molecule has 0 spiro atoms. The summed E-state index contributed by atoms with van der Waals surface area (Å²) in [6, 6.07) is 11.6. The molecular formula is C27H30ClFN4O4. The molecule has 4 rings (SSSR count). The molecule has 1 saturated heterocycles. The van der Waals surface area contributed by atoms with E-state index in [0.717, 1.165) is 0 Å². The van der Waals surface area contributed by atoms with E-state index in [0.29, 0.717) is 66.6 Å². The number of amides is 3. The van der Waals surface area contributed by atoms with Crippen LogP contribution in [0.2, 0.25) is 5.02 Å². The molecule has 10 heteroatoms. The normalized spacial score (nSPS) is 18.9. The molecule has 2 heterocycles. The van der Waals surface area contributed by atoms with Gasteiger partial charge in [0.1, 0.15) is 5.82 Å². The van der Waals surface area contributed by atoms with Crippen molar-refractivity contribution >= 4 is 29.5 Å². The van der Waals surface area contributed by atoms with Gasteiger partial charge in [0.05, 0.1) is 18.2 Å². The number of nitrogens with zero attached hydrogens (tertiary/aromatic N) is 3. The van der Waals surface area contributed by atoms with Gasteiger partial charge in [-0.1, -0.05) is 29.8 Å². The van der Waals surface area contributed by atoms with Crippen LogP contribution < -0.4 is 5.32 Å². The SMILES string of the molecule is CCOC(=O)C1=C(CN2CCCN(C(=O)c3cccc(F)c3)CC2)N(C)C(=O)N[C@H]1c1ccc(Cl)cc1. The van der Waals surface area contributed by atoms with Crippen molar-refractivity contribution in [2.75, 3.05) is 46.4 Å². The molecule has 1 atom stereocenters. The second-order valence-corrected chi connectivity index (χ2v) is 9.44. The Morgan fingerprint density at radius 2 is 1.86 bits per heavy atom. The van der Waals surface area contributed by atoms with Gasteiger partial charge in [0, 0.05) is 56.1 Å². The Hall–Kier alpha value is -3.43. The van der Waals surface area contributed by atoms with Gasteiger partial charge >= 0.3 is 12.0 Å². The first-order chi connectivity index (χ1) is 17.8. The number of likely N-dealkylation sites (N-methyl/N-ethyl adjacent to an activating group) is 1. The number of hydrogen-bond donors (Lipinski definition) is 1. The van der Waals surface area contributed by atoms with E-state index in [2.05, 4.69) is 10.2 Å². The summed E-state index contributed by atoms with van der Waals surface area (Å²) in [7, 11) is 1.62. The molecule has 8 nitrogen and oxygen atoms in total. The summed E-state index contributed by atoms with van der Waals surface area (Å²) in [5.41, 5.74) is 1.94. The summed E-state index contributed by atoms with van der Waals surface area (Å²) in [4.78, 5) is 44.3. The predicted molar refractivity (Wildman–Crippen MR) is 138 cm³/mol. The zero-order valence-corrected chi connectivity index (χ0v) is 21.6. The second kappa shape index (κ2) is 11.7. The number of hydrogen-bond acceptors (Lipinski definition) is 5. The van der Waals surface area contributed by atoms with E-state index in [1.807, 2.05) is 0 Å². The van der Waals surface area contributed by atoms with E-state index < -0.39 is 17.8 Å². The summed E-state index contributed by atoms with van der Waals surface area (Å²) in [6.07, 6.45) is 0.694. The molecule has 1 N–H and O–H groups in total. The summed E-state index contributed by atoms with van der Waals surface area (Å²) in [6.45, 7) is 4.41. The lowest BCUT2D eigenvalue weighted by atomic mass is 9.94. The molecule has 3 amide bonds. The number of esters is 1. The molecule has 0 unspecified atom stereocenters. The van der Waals surface area contributed by atoms with Crippen LogP contribution in [0.3, 0.4) is 0 Å². The molecule has 0 aliphatic carbocycles. The Bertz CT molecular complexity index is 1200. The molecule has 1 fully saturated rings. The number of benzene rings is 2. The number of halogens is 2. The van der Waals surface area contributed by atoms with E-state index in [4.69, 9.17) is 16.3 Å². The van der Waals surface area contributed by atoms with Gasteiger partial charge in [-0.05, 0) is 49.2 Å². The maximum Gasteiger partial charge on any atom is 0.338 e. The first-order valence-corrected chi connectivity index (χ1v) is 12.6. The van der Waals surface area contributed by atoms with Crippen molar-refractivity contribution < 1.29 is 23.5 Å². The van der Waals surface area contributed by atoms with Crippen LogP contribution in [-0.2, 0) is 9.53 Å². The highest BCUT2D eigenvalue weighted by molar-refractivity contribution is 6.30. The predicted octanol–water partition coefficient (Wildman–Crippen LogP) is 3.84. The number of rotatable bonds is 6. The van der Waals surface area contributed by atoms with E-state index in [1.54, 1.807) is 49.2 Å². The zero-order chi connectivity index (χ0) is 26.5. The van der Waals surface area contributed by atoms with Gasteiger partial charge in [-0.3, -0.25) is 14.6 Å². The standard InChI is InChI=1S/C27H30ClFN4O4/c1-3-37-26(35)23-22(31(2)27(36)30-24(23)18-8-10-20(28)11-9-18)17-32-12-5-13-33(15-14-32)25(34)19-6-4-7-21(29)16-19/h4,6-11,16,24H,3,5,12-15,17H2,1-2H3,(H,30,36)/t24-/m0/s1. The first kappa shape index (κ1) is 26.6. The molecule has 0 aromatic heterocycles. The number of nitrogens with one attached hydrogen (secondary N) is 1. The van der Waals surface area contributed by atoms with Crippen LogP contribution in [0.1, 0.15) is 35.3 Å². The van der Waals surface area contributed by atoms with Crippen LogP contribution >= 0.6 is 11.6 Å². The van der Waals surface area contributed by atoms with Gasteiger partial charge in [0.25, 0.3) is 5.91 Å². The minimum absolute atomic E-state index is 0.196. The lowest BCUT2D eigenvalue weighted by molar-refractivity contribution is -0.139. The number of urea groups is 1. The smallest absolute Gasteiger partial charge is 0.338 e. The van der Waals surface area contributed by atoms with E-state index in [1.165, 1.54) is 23.1 Å². The fourth-order valence-electron chi connectivity index (χ4n) is 4.65. The average molecular weight is 529 g/mol. The van der Waals surface area contributed by atoms with Crippen molar-refractivity contribution in [1.29, 1.82) is 0 Å². The van der Waals surface area contributed by atoms with Crippen LogP contribution in [-0.4, -0.2) is 79.0 Å². The highest BCUT2D eigenvalue weighted by Crippen LogP contribution is 2.32. The lowest BCUT2D eigenvalue weighted by Gasteiger charge is -2.36. The van der Waals surface area contributed by atoms with Crippen LogP contribution in [0.25, 0.3) is 0 Å². The van der Waals surface area contributed by atoms with Crippen LogP contribution in [0.4, 0.5) is 9.18 Å². The molecular weight excluding hydrogens is 499 g/mol. The van der Waals surface area contributed by atoms with E-state index in [-0.39, 0.29) is 18.5 Å². The summed E-state index contributed by atoms with van der Waals surface area (Å²) in [5, 5.41) is 3.45. The minimum atomic E-state index is -0.687. The Morgan fingerprint density at radius 1 is 1.11 bits per heavy atom. The highest BCUT2D eigenvalue weighted by atomic mass is 35.5. The summed E-state index contributed by atoms with van der Waals surface area (Å²) < 4.78 is 19.0. The van der Waals surface area contributed by atoms with Crippen molar-refractivity contribution in [3.8, 4) is 0 Å². The van der Waals surface area contributed by atoms with Gasteiger partial charge in [0.2, 0.25) is 0 Å². The third kappa shape index (κ3) is 6.11. The van der Waals surface area contributed by atoms with Crippen LogP contribution in [0.15, 0.2) is 59.8 Å². The third-order valence-electron chi connectivity index (χ3n) is 6.60. The van der Waals surface area contributed by atoms with Gasteiger partial charge in [-0.15, -0.1) is 0 Å². The van der Waals surface area contributed by atoms with Gasteiger partial charge in [0.15, 0.2) is 0 Å². The van der Waals surface area contributed by atoms with Crippen LogP contribution in [0.5, 0.6) is 0 Å². The second-order valence-electron chi connectivity index (χ2n) is 9.01. The molecule has 37 heavy (non-hydrogen) atoms. The zero-order valence-electron chi connectivity index (χ0n) is 20.9. The number of ether oxygens (including phenoxy) is 1. The van der Waals surface area contributed by atoms with Crippen LogP contribution in [0, 0.1) is 5.82 Å². The summed E-state index contributed by atoms with van der Waals surface area (Å²) >= 11 is 6.05. The lowest BCUT2D eigenvalue weighted by Crippen LogP contribution is -2.49. The summed E-state index contributed by atoms with van der Waals surface area (Å²) in [5.74, 6) is -1.17. The molecule has 196 valence electrons. The van der Waals surface area contributed by atoms with Gasteiger partial charge < -0.3 is 15.0 Å². The van der Waals surface area contributed by atoms with Crippen molar-refractivity contribution in [2.45, 2.75) is 19.4 Å².